The predicted molar refractivity (Wildman–Crippen MR) is 107 cm³/mol. The number of halogens is 1. The van der Waals surface area contributed by atoms with Crippen LogP contribution in [0.3, 0.4) is 0 Å². The first-order chi connectivity index (χ1) is 14.2. The van der Waals surface area contributed by atoms with Gasteiger partial charge in [-0.1, -0.05) is 29.9 Å². The molecule has 0 aliphatic carbocycles. The molecule has 0 spiro atoms. The number of morpholine rings is 1. The van der Waals surface area contributed by atoms with E-state index < -0.39 is 0 Å². The minimum atomic E-state index is -0.311. The highest BCUT2D eigenvalue weighted by Crippen LogP contribution is 2.36. The van der Waals surface area contributed by atoms with Crippen LogP contribution in [0.2, 0.25) is 0 Å². The van der Waals surface area contributed by atoms with Crippen molar-refractivity contribution in [3.8, 4) is 5.69 Å². The van der Waals surface area contributed by atoms with Gasteiger partial charge in [0.2, 0.25) is 11.8 Å². The molecule has 0 amide bonds. The predicted octanol–water partition coefficient (Wildman–Crippen LogP) is 3.43. The van der Waals surface area contributed by atoms with E-state index in [9.17, 15) is 4.39 Å². The van der Waals surface area contributed by atoms with E-state index in [0.29, 0.717) is 54.8 Å². The van der Waals surface area contributed by atoms with Crippen molar-refractivity contribution < 1.29 is 13.7 Å². The average Bonchev–Trinajstić information content (AvgIpc) is 3.36. The van der Waals surface area contributed by atoms with Crippen LogP contribution in [0, 0.1) is 5.82 Å². The fourth-order valence-corrected chi connectivity index (χ4v) is 4.01. The third-order valence-electron chi connectivity index (χ3n) is 4.56. The summed E-state index contributed by atoms with van der Waals surface area (Å²) in [5.41, 5.74) is 0.670. The molecule has 3 heterocycles. The van der Waals surface area contributed by atoms with Crippen molar-refractivity contribution in [3.63, 3.8) is 0 Å². The maximum Gasteiger partial charge on any atom is 0.239 e. The molecule has 0 N–H and O–H groups in total. The van der Waals surface area contributed by atoms with E-state index in [2.05, 4.69) is 32.2 Å². The summed E-state index contributed by atoms with van der Waals surface area (Å²) in [5.74, 6) is 1.61. The molecule has 3 aromatic rings. The maximum absolute atomic E-state index is 13.9. The summed E-state index contributed by atoms with van der Waals surface area (Å²) in [7, 11) is 0. The topological polar surface area (TPSA) is 82.1 Å². The van der Waals surface area contributed by atoms with Gasteiger partial charge in [-0.15, -0.1) is 10.2 Å². The lowest BCUT2D eigenvalue weighted by molar-refractivity contribution is 0.122. The Balaban J connectivity index is 1.66. The lowest BCUT2D eigenvalue weighted by Gasteiger charge is -2.28. The van der Waals surface area contributed by atoms with Crippen LogP contribution >= 0.6 is 11.8 Å². The fourth-order valence-electron chi connectivity index (χ4n) is 3.11. The van der Waals surface area contributed by atoms with Crippen molar-refractivity contribution in [1.29, 1.82) is 0 Å². The Kier molecular flexibility index (Phi) is 6.10. The highest BCUT2D eigenvalue weighted by atomic mass is 32.2. The van der Waals surface area contributed by atoms with Gasteiger partial charge in [-0.25, -0.2) is 4.39 Å². The average molecular weight is 418 g/mol. The lowest BCUT2D eigenvalue weighted by atomic mass is 10.3. The van der Waals surface area contributed by atoms with Crippen molar-refractivity contribution in [2.45, 2.75) is 37.1 Å². The van der Waals surface area contributed by atoms with Gasteiger partial charge in [0.05, 0.1) is 24.2 Å². The molecule has 1 aliphatic heterocycles. The molecule has 1 aromatic carbocycles. The van der Waals surface area contributed by atoms with E-state index in [1.807, 2.05) is 17.6 Å². The molecular weight excluding hydrogens is 395 g/mol. The second-order valence-electron chi connectivity index (χ2n) is 6.76. The quantitative estimate of drug-likeness (QED) is 0.540. The van der Waals surface area contributed by atoms with Crippen molar-refractivity contribution in [2.75, 3.05) is 31.2 Å². The molecule has 0 saturated carbocycles. The van der Waals surface area contributed by atoms with Gasteiger partial charge in [0.15, 0.2) is 11.0 Å². The normalized spacial score (nSPS) is 15.6. The highest BCUT2D eigenvalue weighted by molar-refractivity contribution is 7.99. The number of ether oxygens (including phenoxy) is 1. The second kappa shape index (κ2) is 8.91. The number of nitrogens with zero attached hydrogens (tertiary/aromatic N) is 6. The summed E-state index contributed by atoms with van der Waals surface area (Å²) < 4.78 is 26.7. The molecule has 1 atom stereocenters. The van der Waals surface area contributed by atoms with Crippen LogP contribution in [0.1, 0.15) is 37.2 Å². The number of hydrogen-bond donors (Lipinski definition) is 0. The molecule has 29 heavy (non-hydrogen) atoms. The van der Waals surface area contributed by atoms with Crippen molar-refractivity contribution in [1.82, 2.24) is 24.9 Å². The van der Waals surface area contributed by atoms with Crippen LogP contribution in [0.4, 0.5) is 10.3 Å². The summed E-state index contributed by atoms with van der Waals surface area (Å²) >= 11 is 1.45. The van der Waals surface area contributed by atoms with Gasteiger partial charge in [-0.3, -0.25) is 4.57 Å². The molecule has 2 aromatic heterocycles. The zero-order valence-corrected chi connectivity index (χ0v) is 17.2. The van der Waals surface area contributed by atoms with Crippen LogP contribution in [0.5, 0.6) is 0 Å². The van der Waals surface area contributed by atoms with Crippen molar-refractivity contribution >= 4 is 17.7 Å². The lowest BCUT2D eigenvalue weighted by Crippen LogP contribution is -2.37. The second-order valence-corrected chi connectivity index (χ2v) is 8.06. The van der Waals surface area contributed by atoms with Crippen LogP contribution in [0.25, 0.3) is 5.69 Å². The summed E-state index contributed by atoms with van der Waals surface area (Å²) in [5, 5.41) is 13.3. The first-order valence-corrected chi connectivity index (χ1v) is 10.6. The number of anilines is 1. The number of aryl methyl sites for hydroxylation is 1. The first-order valence-electron chi connectivity index (χ1n) is 9.69. The first kappa shape index (κ1) is 19.8. The Labute approximate surface area is 172 Å². The van der Waals surface area contributed by atoms with Gasteiger partial charge in [0.1, 0.15) is 5.82 Å². The Morgan fingerprint density at radius 3 is 2.83 bits per heavy atom. The molecule has 154 valence electrons. The molecule has 0 bridgehead atoms. The third kappa shape index (κ3) is 4.43. The summed E-state index contributed by atoms with van der Waals surface area (Å²) in [6.45, 7) is 6.71. The van der Waals surface area contributed by atoms with Crippen LogP contribution in [-0.4, -0.2) is 51.2 Å². The third-order valence-corrected chi connectivity index (χ3v) is 5.59. The Morgan fingerprint density at radius 2 is 2.07 bits per heavy atom. The van der Waals surface area contributed by atoms with E-state index in [0.717, 1.165) is 12.8 Å². The fraction of sp³-hybridized carbons (Fsp3) is 0.474. The van der Waals surface area contributed by atoms with Crippen LogP contribution < -0.4 is 4.90 Å². The summed E-state index contributed by atoms with van der Waals surface area (Å²) in [6, 6.07) is 6.43. The van der Waals surface area contributed by atoms with Gasteiger partial charge in [0, 0.05) is 19.5 Å². The largest absolute Gasteiger partial charge is 0.378 e. The molecule has 4 rings (SSSR count). The molecule has 1 fully saturated rings. The monoisotopic (exact) mass is 418 g/mol. The highest BCUT2D eigenvalue weighted by Gasteiger charge is 2.25. The summed E-state index contributed by atoms with van der Waals surface area (Å²) in [6.07, 6.45) is 1.73. The smallest absolute Gasteiger partial charge is 0.239 e. The molecule has 8 nitrogen and oxygen atoms in total. The molecule has 1 saturated heterocycles. The Morgan fingerprint density at radius 1 is 1.24 bits per heavy atom. The van der Waals surface area contributed by atoms with E-state index in [1.165, 1.54) is 23.9 Å². The van der Waals surface area contributed by atoms with Gasteiger partial charge in [-0.05, 0) is 31.5 Å². The van der Waals surface area contributed by atoms with Crippen LogP contribution in [-0.2, 0) is 11.2 Å². The van der Waals surface area contributed by atoms with Gasteiger partial charge < -0.3 is 14.2 Å². The molecule has 10 heteroatoms. The number of benzene rings is 1. The Bertz CT molecular complexity index is 956. The minimum absolute atomic E-state index is 0.123. The zero-order valence-electron chi connectivity index (χ0n) is 16.4. The number of aromatic nitrogens is 5. The van der Waals surface area contributed by atoms with E-state index in [1.54, 1.807) is 6.07 Å². The number of thioether (sulfide) groups is 1. The van der Waals surface area contributed by atoms with Gasteiger partial charge >= 0.3 is 0 Å². The zero-order chi connectivity index (χ0) is 20.2. The minimum Gasteiger partial charge on any atom is -0.378 e. The molecule has 0 radical (unpaired) electrons. The van der Waals surface area contributed by atoms with Gasteiger partial charge in [0.25, 0.3) is 0 Å². The standard InChI is InChI=1S/C19H23FN6O2S/c1-3-5-16-21-17(28-24-16)13(2)29-19-23-22-18(25-8-10-27-11-9-25)26(19)15-7-4-6-14(20)12-15/h4,6-7,12-13H,3,5,8-11H2,1-2H3. The van der Waals surface area contributed by atoms with E-state index >= 15 is 0 Å². The van der Waals surface area contributed by atoms with E-state index in [4.69, 9.17) is 9.26 Å². The van der Waals surface area contributed by atoms with E-state index in [-0.39, 0.29) is 11.1 Å². The number of hydrogen-bond acceptors (Lipinski definition) is 8. The molecule has 1 aliphatic rings. The van der Waals surface area contributed by atoms with Crippen molar-refractivity contribution in [3.05, 3.63) is 41.8 Å². The summed E-state index contributed by atoms with van der Waals surface area (Å²) in [4.78, 5) is 6.57. The Hall–Kier alpha value is -2.46. The molecule has 1 unspecified atom stereocenters. The number of rotatable bonds is 7. The molecular formula is C19H23FN6O2S. The van der Waals surface area contributed by atoms with Gasteiger partial charge in [-0.2, -0.15) is 4.98 Å². The van der Waals surface area contributed by atoms with Crippen molar-refractivity contribution in [2.24, 2.45) is 0 Å². The SMILES string of the molecule is CCCc1noc(C(C)Sc2nnc(N3CCOCC3)n2-c2cccc(F)c2)n1. The van der Waals surface area contributed by atoms with Crippen LogP contribution in [0.15, 0.2) is 33.9 Å². The maximum atomic E-state index is 13.9.